The fourth-order valence-corrected chi connectivity index (χ4v) is 2.03. The summed E-state index contributed by atoms with van der Waals surface area (Å²) >= 11 is 5.96. The van der Waals surface area contributed by atoms with Crippen molar-refractivity contribution in [1.29, 1.82) is 0 Å². The Kier molecular flexibility index (Phi) is 4.66. The normalized spacial score (nSPS) is 15.9. The molecular weight excluding hydrogens is 264 g/mol. The molecule has 0 spiro atoms. The largest absolute Gasteiger partial charge is 0.483 e. The number of rotatable bonds is 6. The van der Waals surface area contributed by atoms with Crippen molar-refractivity contribution in [3.05, 3.63) is 28.8 Å². The Morgan fingerprint density at radius 1 is 1.58 bits per heavy atom. The van der Waals surface area contributed by atoms with Gasteiger partial charge in [0.25, 0.3) is 5.91 Å². The number of nitrogens with two attached hydrogens (primary N) is 1. The highest BCUT2D eigenvalue weighted by Crippen LogP contribution is 2.24. The van der Waals surface area contributed by atoms with Gasteiger partial charge in [0.15, 0.2) is 6.61 Å². The minimum absolute atomic E-state index is 0.0149. The molecule has 0 bridgehead atoms. The van der Waals surface area contributed by atoms with Gasteiger partial charge in [-0.2, -0.15) is 0 Å². The zero-order valence-electron chi connectivity index (χ0n) is 11.0. The lowest BCUT2D eigenvalue weighted by molar-refractivity contribution is -0.123. The third-order valence-corrected chi connectivity index (χ3v) is 3.10. The Labute approximate surface area is 118 Å². The molecule has 0 aromatic heterocycles. The van der Waals surface area contributed by atoms with Crippen molar-refractivity contribution in [3.8, 4) is 5.75 Å². The molecule has 1 aromatic carbocycles. The van der Waals surface area contributed by atoms with Crippen LogP contribution in [0.3, 0.4) is 0 Å². The molecule has 104 valence electrons. The second kappa shape index (κ2) is 6.26. The van der Waals surface area contributed by atoms with Gasteiger partial charge in [0.05, 0.1) is 0 Å². The molecule has 19 heavy (non-hydrogen) atoms. The molecule has 0 heterocycles. The molecule has 0 saturated heterocycles. The van der Waals surface area contributed by atoms with Gasteiger partial charge in [0.1, 0.15) is 5.75 Å². The van der Waals surface area contributed by atoms with Crippen LogP contribution in [-0.4, -0.2) is 24.6 Å². The molecule has 1 aliphatic carbocycles. The van der Waals surface area contributed by atoms with Crippen molar-refractivity contribution >= 4 is 17.5 Å². The number of hydrogen-bond acceptors (Lipinski definition) is 3. The Morgan fingerprint density at radius 2 is 2.32 bits per heavy atom. The van der Waals surface area contributed by atoms with E-state index in [2.05, 4.69) is 5.32 Å². The van der Waals surface area contributed by atoms with Crippen LogP contribution in [0.2, 0.25) is 5.02 Å². The van der Waals surface area contributed by atoms with Gasteiger partial charge >= 0.3 is 0 Å². The predicted octanol–water partition coefficient (Wildman–Crippen LogP) is 1.89. The first-order chi connectivity index (χ1) is 9.04. The zero-order chi connectivity index (χ0) is 13.8. The van der Waals surface area contributed by atoms with Crippen molar-refractivity contribution in [1.82, 2.24) is 5.32 Å². The van der Waals surface area contributed by atoms with Crippen molar-refractivity contribution in [2.45, 2.75) is 38.3 Å². The summed E-state index contributed by atoms with van der Waals surface area (Å²) in [5, 5.41) is 3.52. The fraction of sp³-hybridized carbons (Fsp3) is 0.500. The van der Waals surface area contributed by atoms with Gasteiger partial charge < -0.3 is 15.8 Å². The van der Waals surface area contributed by atoms with Crippen LogP contribution in [0.5, 0.6) is 5.75 Å². The number of carbonyl (C=O) groups is 1. The monoisotopic (exact) mass is 282 g/mol. The topological polar surface area (TPSA) is 64.3 Å². The van der Waals surface area contributed by atoms with Crippen LogP contribution in [0.1, 0.15) is 25.3 Å². The molecule has 1 fully saturated rings. The predicted molar refractivity (Wildman–Crippen MR) is 75.5 cm³/mol. The number of halogens is 1. The van der Waals surface area contributed by atoms with E-state index in [4.69, 9.17) is 22.1 Å². The lowest BCUT2D eigenvalue weighted by atomic mass is 10.1. The summed E-state index contributed by atoms with van der Waals surface area (Å²) in [4.78, 5) is 11.6. The summed E-state index contributed by atoms with van der Waals surface area (Å²) in [6.07, 6.45) is 2.81. The van der Waals surface area contributed by atoms with Crippen molar-refractivity contribution in [2.24, 2.45) is 5.73 Å². The highest BCUT2D eigenvalue weighted by atomic mass is 35.5. The molecule has 0 radical (unpaired) electrons. The molecule has 5 heteroatoms. The maximum atomic E-state index is 11.6. The van der Waals surface area contributed by atoms with E-state index >= 15 is 0 Å². The highest BCUT2D eigenvalue weighted by molar-refractivity contribution is 6.30. The van der Waals surface area contributed by atoms with Gasteiger partial charge in [-0.1, -0.05) is 11.6 Å². The lowest BCUT2D eigenvalue weighted by Crippen LogP contribution is -2.30. The van der Waals surface area contributed by atoms with Crippen LogP contribution in [0.25, 0.3) is 0 Å². The average molecular weight is 283 g/mol. The molecule has 1 aromatic rings. The third kappa shape index (κ3) is 4.73. The van der Waals surface area contributed by atoms with Gasteiger partial charge in [-0.15, -0.1) is 0 Å². The van der Waals surface area contributed by atoms with Crippen LogP contribution in [0.4, 0.5) is 0 Å². The summed E-state index contributed by atoms with van der Waals surface area (Å²) in [5.41, 5.74) is 6.73. The van der Waals surface area contributed by atoms with Crippen molar-refractivity contribution in [3.63, 3.8) is 0 Å². The minimum Gasteiger partial charge on any atom is -0.483 e. The van der Waals surface area contributed by atoms with E-state index in [0.29, 0.717) is 23.2 Å². The van der Waals surface area contributed by atoms with E-state index in [1.165, 1.54) is 0 Å². The van der Waals surface area contributed by atoms with Gasteiger partial charge in [0, 0.05) is 17.1 Å². The second-order valence-corrected chi connectivity index (χ2v) is 5.50. The molecular formula is C14H19ClN2O2. The smallest absolute Gasteiger partial charge is 0.258 e. The van der Waals surface area contributed by atoms with Gasteiger partial charge in [-0.25, -0.2) is 0 Å². The first-order valence-electron chi connectivity index (χ1n) is 6.51. The van der Waals surface area contributed by atoms with E-state index in [0.717, 1.165) is 18.4 Å². The Morgan fingerprint density at radius 3 is 2.95 bits per heavy atom. The summed E-state index contributed by atoms with van der Waals surface area (Å²) in [6, 6.07) is 5.73. The van der Waals surface area contributed by atoms with Crippen LogP contribution in [-0.2, 0) is 11.2 Å². The number of hydrogen-bond donors (Lipinski definition) is 2. The van der Waals surface area contributed by atoms with E-state index in [-0.39, 0.29) is 18.6 Å². The molecule has 1 amide bonds. The number of ether oxygens (including phenoxy) is 1. The Hall–Kier alpha value is -1.26. The first kappa shape index (κ1) is 14.2. The summed E-state index contributed by atoms with van der Waals surface area (Å²) in [5.74, 6) is 0.594. The number of carbonyl (C=O) groups excluding carboxylic acids is 1. The van der Waals surface area contributed by atoms with Gasteiger partial charge in [-0.05, 0) is 49.9 Å². The molecule has 2 rings (SSSR count). The summed E-state index contributed by atoms with van der Waals surface area (Å²) in [6.45, 7) is 1.95. The van der Waals surface area contributed by atoms with Crippen LogP contribution in [0.15, 0.2) is 18.2 Å². The van der Waals surface area contributed by atoms with E-state index < -0.39 is 0 Å². The van der Waals surface area contributed by atoms with Gasteiger partial charge in [0.2, 0.25) is 0 Å². The molecule has 1 saturated carbocycles. The van der Waals surface area contributed by atoms with Crippen LogP contribution < -0.4 is 15.8 Å². The van der Waals surface area contributed by atoms with E-state index in [9.17, 15) is 4.79 Å². The summed E-state index contributed by atoms with van der Waals surface area (Å²) < 4.78 is 5.56. The average Bonchev–Trinajstić information content (AvgIpc) is 3.11. The molecule has 0 aliphatic heterocycles. The molecule has 1 unspecified atom stereocenters. The van der Waals surface area contributed by atoms with Crippen LogP contribution >= 0.6 is 11.6 Å². The molecule has 4 nitrogen and oxygen atoms in total. The standard InChI is InChI=1S/C14H19ClN2O2/c1-9(16)6-10-7-11(15)2-5-13(10)19-8-14(18)17-12-3-4-12/h2,5,7,9,12H,3-4,6,8,16H2,1H3,(H,17,18). The number of nitrogens with one attached hydrogen (secondary N) is 1. The minimum atomic E-state index is -0.0794. The SMILES string of the molecule is CC(N)Cc1cc(Cl)ccc1OCC(=O)NC1CC1. The Bertz CT molecular complexity index is 459. The van der Waals surface area contributed by atoms with Crippen molar-refractivity contribution in [2.75, 3.05) is 6.61 Å². The molecule has 1 aliphatic rings. The van der Waals surface area contributed by atoms with Crippen molar-refractivity contribution < 1.29 is 9.53 Å². The first-order valence-corrected chi connectivity index (χ1v) is 6.88. The van der Waals surface area contributed by atoms with Crippen LogP contribution in [0, 0.1) is 0 Å². The van der Waals surface area contributed by atoms with Gasteiger partial charge in [-0.3, -0.25) is 4.79 Å². The maximum absolute atomic E-state index is 11.6. The zero-order valence-corrected chi connectivity index (χ0v) is 11.7. The quantitative estimate of drug-likeness (QED) is 0.837. The van der Waals surface area contributed by atoms with E-state index in [1.807, 2.05) is 13.0 Å². The third-order valence-electron chi connectivity index (χ3n) is 2.87. The maximum Gasteiger partial charge on any atom is 0.258 e. The molecule has 3 N–H and O–H groups in total. The second-order valence-electron chi connectivity index (χ2n) is 5.06. The fourth-order valence-electron chi connectivity index (χ4n) is 1.84. The number of benzene rings is 1. The van der Waals surface area contributed by atoms with E-state index in [1.54, 1.807) is 12.1 Å². The lowest BCUT2D eigenvalue weighted by Gasteiger charge is -2.13. The number of amides is 1. The highest BCUT2D eigenvalue weighted by Gasteiger charge is 2.23. The molecule has 1 atom stereocenters. The Balaban J connectivity index is 1.95. The summed E-state index contributed by atoms with van der Waals surface area (Å²) in [7, 11) is 0.